The Labute approximate surface area is 91.9 Å². The van der Waals surface area contributed by atoms with Crippen LogP contribution in [-0.2, 0) is 4.79 Å². The van der Waals surface area contributed by atoms with Crippen LogP contribution in [0.2, 0.25) is 0 Å². The Hall–Kier alpha value is -1.04. The van der Waals surface area contributed by atoms with Gasteiger partial charge in [-0.1, -0.05) is 20.8 Å². The van der Waals surface area contributed by atoms with Crippen molar-refractivity contribution in [1.82, 2.24) is 5.32 Å². The molecule has 0 saturated heterocycles. The SMILES string of the molecule is CC(C)(C)C1CCC(C(=O)NC#N)CC1. The van der Waals surface area contributed by atoms with Gasteiger partial charge in [0.1, 0.15) is 0 Å². The Morgan fingerprint density at radius 1 is 1.27 bits per heavy atom. The molecule has 0 heterocycles. The van der Waals surface area contributed by atoms with Crippen molar-refractivity contribution >= 4 is 5.91 Å². The Bertz CT molecular complexity index is 264. The zero-order valence-electron chi connectivity index (χ0n) is 9.84. The van der Waals surface area contributed by atoms with Gasteiger partial charge in [-0.2, -0.15) is 5.26 Å². The predicted octanol–water partition coefficient (Wildman–Crippen LogP) is 2.44. The largest absolute Gasteiger partial charge is 0.274 e. The average molecular weight is 208 g/mol. The van der Waals surface area contributed by atoms with Gasteiger partial charge in [0.05, 0.1) is 0 Å². The maximum absolute atomic E-state index is 11.4. The third-order valence-corrected chi connectivity index (χ3v) is 3.50. The summed E-state index contributed by atoms with van der Waals surface area (Å²) in [7, 11) is 0. The molecular weight excluding hydrogens is 188 g/mol. The fraction of sp³-hybridized carbons (Fsp3) is 0.833. The summed E-state index contributed by atoms with van der Waals surface area (Å²) in [6, 6.07) is 0. The second-order valence-electron chi connectivity index (χ2n) is 5.52. The normalized spacial score (nSPS) is 26.8. The first kappa shape index (κ1) is 12.0. The number of amides is 1. The molecule has 1 N–H and O–H groups in total. The number of nitrogens with one attached hydrogen (secondary N) is 1. The van der Waals surface area contributed by atoms with Gasteiger partial charge in [0.2, 0.25) is 5.91 Å². The number of carbonyl (C=O) groups excluding carboxylic acids is 1. The summed E-state index contributed by atoms with van der Waals surface area (Å²) in [5.74, 6) is 0.678. The van der Waals surface area contributed by atoms with Crippen LogP contribution in [0.4, 0.5) is 0 Å². The van der Waals surface area contributed by atoms with Crippen LogP contribution in [-0.4, -0.2) is 5.91 Å². The quantitative estimate of drug-likeness (QED) is 0.531. The summed E-state index contributed by atoms with van der Waals surface area (Å²) >= 11 is 0. The molecule has 1 aliphatic rings. The van der Waals surface area contributed by atoms with Crippen LogP contribution < -0.4 is 5.32 Å². The molecule has 15 heavy (non-hydrogen) atoms. The van der Waals surface area contributed by atoms with E-state index in [1.807, 2.05) is 0 Å². The van der Waals surface area contributed by atoms with Crippen molar-refractivity contribution in [3.63, 3.8) is 0 Å². The lowest BCUT2D eigenvalue weighted by Crippen LogP contribution is -2.33. The lowest BCUT2D eigenvalue weighted by Gasteiger charge is -2.36. The predicted molar refractivity (Wildman–Crippen MR) is 58.7 cm³/mol. The van der Waals surface area contributed by atoms with Gasteiger partial charge in [0.25, 0.3) is 0 Å². The average Bonchev–Trinajstić information content (AvgIpc) is 2.17. The topological polar surface area (TPSA) is 52.9 Å². The van der Waals surface area contributed by atoms with Crippen LogP contribution in [0.25, 0.3) is 0 Å². The van der Waals surface area contributed by atoms with Crippen molar-refractivity contribution in [3.05, 3.63) is 0 Å². The monoisotopic (exact) mass is 208 g/mol. The van der Waals surface area contributed by atoms with E-state index < -0.39 is 0 Å². The van der Waals surface area contributed by atoms with Crippen LogP contribution >= 0.6 is 0 Å². The summed E-state index contributed by atoms with van der Waals surface area (Å²) in [6.45, 7) is 6.77. The first-order chi connectivity index (χ1) is 6.95. The minimum Gasteiger partial charge on any atom is -0.274 e. The Balaban J connectivity index is 2.43. The van der Waals surface area contributed by atoms with Crippen LogP contribution in [0, 0.1) is 28.7 Å². The number of nitriles is 1. The molecule has 0 spiro atoms. The molecule has 1 amide bonds. The van der Waals surface area contributed by atoms with Crippen molar-refractivity contribution < 1.29 is 4.79 Å². The fourth-order valence-electron chi connectivity index (χ4n) is 2.38. The Morgan fingerprint density at radius 2 is 1.80 bits per heavy atom. The third kappa shape index (κ3) is 3.23. The highest BCUT2D eigenvalue weighted by atomic mass is 16.1. The van der Waals surface area contributed by atoms with Gasteiger partial charge in [0.15, 0.2) is 6.19 Å². The molecule has 1 aliphatic carbocycles. The van der Waals surface area contributed by atoms with E-state index in [4.69, 9.17) is 5.26 Å². The molecule has 1 rings (SSSR count). The van der Waals surface area contributed by atoms with Gasteiger partial charge in [0, 0.05) is 5.92 Å². The van der Waals surface area contributed by atoms with Crippen molar-refractivity contribution in [1.29, 1.82) is 5.26 Å². The van der Waals surface area contributed by atoms with Crippen LogP contribution in [0.3, 0.4) is 0 Å². The second kappa shape index (κ2) is 4.65. The lowest BCUT2D eigenvalue weighted by atomic mass is 9.70. The number of rotatable bonds is 1. The highest BCUT2D eigenvalue weighted by Gasteiger charge is 2.32. The number of nitrogens with zero attached hydrogens (tertiary/aromatic N) is 1. The zero-order valence-corrected chi connectivity index (χ0v) is 9.84. The molecule has 0 aliphatic heterocycles. The summed E-state index contributed by atoms with van der Waals surface area (Å²) in [4.78, 5) is 11.4. The molecule has 1 saturated carbocycles. The van der Waals surface area contributed by atoms with Gasteiger partial charge < -0.3 is 0 Å². The first-order valence-electron chi connectivity index (χ1n) is 5.64. The smallest absolute Gasteiger partial charge is 0.236 e. The van der Waals surface area contributed by atoms with Crippen molar-refractivity contribution in [2.24, 2.45) is 17.3 Å². The molecule has 0 bridgehead atoms. The van der Waals surface area contributed by atoms with E-state index in [1.54, 1.807) is 6.19 Å². The molecular formula is C12H20N2O. The van der Waals surface area contributed by atoms with Crippen molar-refractivity contribution in [3.8, 4) is 6.19 Å². The van der Waals surface area contributed by atoms with Crippen LogP contribution in [0.5, 0.6) is 0 Å². The van der Waals surface area contributed by atoms with Crippen LogP contribution in [0.1, 0.15) is 46.5 Å². The van der Waals surface area contributed by atoms with E-state index in [9.17, 15) is 4.79 Å². The van der Waals surface area contributed by atoms with Gasteiger partial charge >= 0.3 is 0 Å². The molecule has 0 unspecified atom stereocenters. The van der Waals surface area contributed by atoms with Crippen molar-refractivity contribution in [2.45, 2.75) is 46.5 Å². The molecule has 0 aromatic rings. The Morgan fingerprint density at radius 3 is 2.20 bits per heavy atom. The highest BCUT2D eigenvalue weighted by molar-refractivity contribution is 5.80. The zero-order chi connectivity index (χ0) is 11.5. The third-order valence-electron chi connectivity index (χ3n) is 3.50. The second-order valence-corrected chi connectivity index (χ2v) is 5.52. The first-order valence-corrected chi connectivity index (χ1v) is 5.64. The van der Waals surface area contributed by atoms with Gasteiger partial charge in [-0.3, -0.25) is 10.1 Å². The number of carbonyl (C=O) groups is 1. The maximum Gasteiger partial charge on any atom is 0.236 e. The molecule has 0 radical (unpaired) electrons. The molecule has 0 aromatic carbocycles. The molecule has 3 heteroatoms. The molecule has 84 valence electrons. The minimum absolute atomic E-state index is 0.0586. The standard InChI is InChI=1S/C12H20N2O/c1-12(2,3)10-6-4-9(5-7-10)11(15)14-8-13/h9-10H,4-7H2,1-3H3,(H,14,15). The molecule has 1 fully saturated rings. The Kier molecular flexibility index (Phi) is 3.73. The van der Waals surface area contributed by atoms with E-state index in [1.165, 1.54) is 0 Å². The van der Waals surface area contributed by atoms with Gasteiger partial charge in [-0.05, 0) is 37.0 Å². The number of hydrogen-bond acceptors (Lipinski definition) is 2. The van der Waals surface area contributed by atoms with Gasteiger partial charge in [-0.15, -0.1) is 0 Å². The van der Waals surface area contributed by atoms with Gasteiger partial charge in [-0.25, -0.2) is 0 Å². The summed E-state index contributed by atoms with van der Waals surface area (Å²) in [5.41, 5.74) is 0.344. The molecule has 3 nitrogen and oxygen atoms in total. The van der Waals surface area contributed by atoms with E-state index in [2.05, 4.69) is 26.1 Å². The maximum atomic E-state index is 11.4. The van der Waals surface area contributed by atoms with E-state index in [0.717, 1.165) is 25.7 Å². The fourth-order valence-corrected chi connectivity index (χ4v) is 2.38. The molecule has 0 atom stereocenters. The van der Waals surface area contributed by atoms with Crippen molar-refractivity contribution in [2.75, 3.05) is 0 Å². The van der Waals surface area contributed by atoms with E-state index in [0.29, 0.717) is 11.3 Å². The van der Waals surface area contributed by atoms with Crippen LogP contribution in [0.15, 0.2) is 0 Å². The number of hydrogen-bond donors (Lipinski definition) is 1. The lowest BCUT2D eigenvalue weighted by molar-refractivity contribution is -0.125. The van der Waals surface area contributed by atoms with E-state index in [-0.39, 0.29) is 11.8 Å². The summed E-state index contributed by atoms with van der Waals surface area (Å²) in [5, 5.41) is 10.6. The highest BCUT2D eigenvalue weighted by Crippen LogP contribution is 2.39. The summed E-state index contributed by atoms with van der Waals surface area (Å²) in [6.07, 6.45) is 5.77. The summed E-state index contributed by atoms with van der Waals surface area (Å²) < 4.78 is 0. The minimum atomic E-state index is -0.0927. The van der Waals surface area contributed by atoms with E-state index >= 15 is 0 Å². The molecule has 0 aromatic heterocycles.